The number of methoxy groups -OCH3 is 1. The van der Waals surface area contributed by atoms with Crippen LogP contribution in [0.1, 0.15) is 35.8 Å². The van der Waals surface area contributed by atoms with Crippen molar-refractivity contribution >= 4 is 27.9 Å². The van der Waals surface area contributed by atoms with E-state index in [1.807, 2.05) is 0 Å². The summed E-state index contributed by atoms with van der Waals surface area (Å²) in [5, 5.41) is 19.0. The molecule has 6 nitrogen and oxygen atoms in total. The van der Waals surface area contributed by atoms with Gasteiger partial charge >= 0.3 is 11.9 Å². The zero-order valence-electron chi connectivity index (χ0n) is 11.3. The Morgan fingerprint density at radius 1 is 1.40 bits per heavy atom. The van der Waals surface area contributed by atoms with E-state index in [2.05, 4.69) is 20.7 Å². The molecule has 110 valence electrons. The standard InChI is InChI=1S/C13H16BrNO5/c1-13(2,12(19)20-3)10(15)7-4-6(11(17)18)5-8(14)9(7)16/h4-5,10,16H,15H2,1-3H3,(H,17,18)/t10-/m1/s1. The molecular formula is C13H16BrNO5. The van der Waals surface area contributed by atoms with Crippen molar-refractivity contribution in [3.63, 3.8) is 0 Å². The molecule has 0 unspecified atom stereocenters. The van der Waals surface area contributed by atoms with Crippen molar-refractivity contribution in [3.05, 3.63) is 27.7 Å². The summed E-state index contributed by atoms with van der Waals surface area (Å²) in [5.74, 6) is -1.91. The first-order valence-electron chi connectivity index (χ1n) is 5.72. The third kappa shape index (κ3) is 2.94. The molecule has 0 heterocycles. The molecule has 0 amide bonds. The van der Waals surface area contributed by atoms with Gasteiger partial charge in [0.2, 0.25) is 0 Å². The van der Waals surface area contributed by atoms with Crippen molar-refractivity contribution in [2.45, 2.75) is 19.9 Å². The number of benzene rings is 1. The first-order valence-corrected chi connectivity index (χ1v) is 6.52. The lowest BCUT2D eigenvalue weighted by Crippen LogP contribution is -2.37. The van der Waals surface area contributed by atoms with E-state index in [1.54, 1.807) is 13.8 Å². The SMILES string of the molecule is COC(=O)C(C)(C)[C@H](N)c1cc(C(=O)O)cc(Br)c1O. The minimum absolute atomic E-state index is 0.0409. The van der Waals surface area contributed by atoms with Crippen LogP contribution in [0.15, 0.2) is 16.6 Å². The number of carboxylic acid groups (broad SMARTS) is 1. The van der Waals surface area contributed by atoms with Crippen LogP contribution in [0.3, 0.4) is 0 Å². The fraction of sp³-hybridized carbons (Fsp3) is 0.385. The quantitative estimate of drug-likeness (QED) is 0.720. The lowest BCUT2D eigenvalue weighted by molar-refractivity contribution is -0.152. The molecule has 1 aromatic rings. The molecule has 0 radical (unpaired) electrons. The third-order valence-corrected chi connectivity index (χ3v) is 3.77. The summed E-state index contributed by atoms with van der Waals surface area (Å²) in [5.41, 5.74) is 5.01. The number of phenolic OH excluding ortho intramolecular Hbond substituents is 1. The molecule has 0 saturated heterocycles. The summed E-state index contributed by atoms with van der Waals surface area (Å²) in [4.78, 5) is 22.8. The number of carbonyl (C=O) groups excluding carboxylic acids is 1. The fourth-order valence-corrected chi connectivity index (χ4v) is 2.24. The van der Waals surface area contributed by atoms with Crippen molar-refractivity contribution in [1.82, 2.24) is 0 Å². The van der Waals surface area contributed by atoms with Gasteiger partial charge in [-0.2, -0.15) is 0 Å². The van der Waals surface area contributed by atoms with Gasteiger partial charge < -0.3 is 20.7 Å². The number of esters is 1. The number of aromatic carboxylic acids is 1. The third-order valence-electron chi connectivity index (χ3n) is 3.16. The van der Waals surface area contributed by atoms with E-state index in [4.69, 9.17) is 10.8 Å². The zero-order chi connectivity index (χ0) is 15.7. The van der Waals surface area contributed by atoms with Crippen LogP contribution < -0.4 is 5.73 Å². The second-order valence-corrected chi connectivity index (χ2v) is 5.75. The molecule has 7 heteroatoms. The molecule has 1 aromatic carbocycles. The molecule has 0 fully saturated rings. The van der Waals surface area contributed by atoms with Gasteiger partial charge in [-0.15, -0.1) is 0 Å². The molecule has 1 rings (SSSR count). The number of aromatic hydroxyl groups is 1. The minimum atomic E-state index is -1.16. The largest absolute Gasteiger partial charge is 0.506 e. The van der Waals surface area contributed by atoms with Gasteiger partial charge in [-0.1, -0.05) is 0 Å². The maximum atomic E-state index is 11.8. The number of hydrogen-bond acceptors (Lipinski definition) is 5. The molecule has 0 aliphatic heterocycles. The van der Waals surface area contributed by atoms with Crippen LogP contribution >= 0.6 is 15.9 Å². The molecule has 0 saturated carbocycles. The Kier molecular flexibility index (Phi) is 4.77. The number of ether oxygens (including phenoxy) is 1. The normalized spacial score (nSPS) is 12.8. The molecule has 0 spiro atoms. The van der Waals surface area contributed by atoms with Gasteiger partial charge in [0.05, 0.1) is 22.6 Å². The Morgan fingerprint density at radius 2 is 1.95 bits per heavy atom. The summed E-state index contributed by atoms with van der Waals surface area (Å²) in [6.07, 6.45) is 0. The van der Waals surface area contributed by atoms with E-state index in [9.17, 15) is 14.7 Å². The van der Waals surface area contributed by atoms with Gasteiger partial charge in [-0.25, -0.2) is 4.79 Å². The van der Waals surface area contributed by atoms with Crippen molar-refractivity contribution < 1.29 is 24.5 Å². The van der Waals surface area contributed by atoms with Crippen LogP contribution in [0.4, 0.5) is 0 Å². The van der Waals surface area contributed by atoms with Crippen LogP contribution in [-0.4, -0.2) is 29.3 Å². The van der Waals surface area contributed by atoms with Crippen LogP contribution in [0.2, 0.25) is 0 Å². The summed E-state index contributed by atoms with van der Waals surface area (Å²) >= 11 is 3.07. The Morgan fingerprint density at radius 3 is 2.40 bits per heavy atom. The molecular weight excluding hydrogens is 330 g/mol. The highest BCUT2D eigenvalue weighted by atomic mass is 79.9. The molecule has 0 bridgehead atoms. The second-order valence-electron chi connectivity index (χ2n) is 4.89. The lowest BCUT2D eigenvalue weighted by Gasteiger charge is -2.29. The molecule has 0 aliphatic carbocycles. The highest BCUT2D eigenvalue weighted by molar-refractivity contribution is 9.10. The zero-order valence-corrected chi connectivity index (χ0v) is 12.9. The monoisotopic (exact) mass is 345 g/mol. The predicted octanol–water partition coefficient (Wildman–Crippen LogP) is 2.05. The molecule has 0 aromatic heterocycles. The van der Waals surface area contributed by atoms with Crippen LogP contribution in [0.25, 0.3) is 0 Å². The maximum absolute atomic E-state index is 11.8. The van der Waals surface area contributed by atoms with Gasteiger partial charge in [0.25, 0.3) is 0 Å². The number of nitrogens with two attached hydrogens (primary N) is 1. The summed E-state index contributed by atoms with van der Waals surface area (Å²) in [6, 6.07) is 1.59. The Hall–Kier alpha value is -1.60. The lowest BCUT2D eigenvalue weighted by atomic mass is 9.80. The summed E-state index contributed by atoms with van der Waals surface area (Å²) < 4.78 is 4.87. The maximum Gasteiger partial charge on any atom is 0.335 e. The number of hydrogen-bond donors (Lipinski definition) is 3. The smallest absolute Gasteiger partial charge is 0.335 e. The minimum Gasteiger partial charge on any atom is -0.506 e. The molecule has 0 aliphatic rings. The van der Waals surface area contributed by atoms with E-state index in [0.29, 0.717) is 0 Å². The Balaban J connectivity index is 3.38. The first-order chi connectivity index (χ1) is 9.12. The van der Waals surface area contributed by atoms with Crippen molar-refractivity contribution in [1.29, 1.82) is 0 Å². The topological polar surface area (TPSA) is 110 Å². The Labute approximate surface area is 124 Å². The van der Waals surface area contributed by atoms with Crippen molar-refractivity contribution in [2.24, 2.45) is 11.1 Å². The van der Waals surface area contributed by atoms with E-state index in [-0.39, 0.29) is 21.3 Å². The van der Waals surface area contributed by atoms with Gasteiger partial charge in [0.15, 0.2) is 0 Å². The van der Waals surface area contributed by atoms with E-state index in [1.165, 1.54) is 19.2 Å². The number of carbonyl (C=O) groups is 2. The average Bonchev–Trinajstić information content (AvgIpc) is 2.39. The van der Waals surface area contributed by atoms with Crippen LogP contribution in [0, 0.1) is 5.41 Å². The highest BCUT2D eigenvalue weighted by Gasteiger charge is 2.38. The number of phenols is 1. The summed E-state index contributed by atoms with van der Waals surface area (Å²) in [7, 11) is 1.24. The second kappa shape index (κ2) is 5.80. The van der Waals surface area contributed by atoms with E-state index < -0.39 is 23.4 Å². The van der Waals surface area contributed by atoms with Gasteiger partial charge in [0, 0.05) is 11.6 Å². The predicted molar refractivity (Wildman–Crippen MR) is 75.5 cm³/mol. The van der Waals surface area contributed by atoms with Gasteiger partial charge in [-0.05, 0) is 41.9 Å². The van der Waals surface area contributed by atoms with Crippen LogP contribution in [-0.2, 0) is 9.53 Å². The Bertz CT molecular complexity index is 556. The molecule has 20 heavy (non-hydrogen) atoms. The van der Waals surface area contributed by atoms with E-state index in [0.717, 1.165) is 0 Å². The molecule has 4 N–H and O–H groups in total. The number of rotatable bonds is 4. The summed E-state index contributed by atoms with van der Waals surface area (Å²) in [6.45, 7) is 3.12. The van der Waals surface area contributed by atoms with Crippen molar-refractivity contribution in [2.75, 3.05) is 7.11 Å². The number of halogens is 1. The van der Waals surface area contributed by atoms with Gasteiger partial charge in [-0.3, -0.25) is 4.79 Å². The first kappa shape index (κ1) is 16.5. The average molecular weight is 346 g/mol. The van der Waals surface area contributed by atoms with E-state index >= 15 is 0 Å². The van der Waals surface area contributed by atoms with Crippen molar-refractivity contribution in [3.8, 4) is 5.75 Å². The van der Waals surface area contributed by atoms with Gasteiger partial charge in [0.1, 0.15) is 5.75 Å². The highest BCUT2D eigenvalue weighted by Crippen LogP contribution is 2.40. The fourth-order valence-electron chi connectivity index (χ4n) is 1.76. The van der Waals surface area contributed by atoms with Crippen LogP contribution in [0.5, 0.6) is 5.75 Å². The molecule has 1 atom stereocenters. The number of carboxylic acids is 1.